The van der Waals surface area contributed by atoms with E-state index in [4.69, 9.17) is 17.3 Å². The van der Waals surface area contributed by atoms with Gasteiger partial charge in [-0.05, 0) is 36.6 Å². The largest absolute Gasteiger partial charge is 0.435 e. The van der Waals surface area contributed by atoms with E-state index in [9.17, 15) is 8.78 Å². The van der Waals surface area contributed by atoms with Crippen LogP contribution in [0.1, 0.15) is 0 Å². The molecular weight excluding hydrogens is 354 g/mol. The van der Waals surface area contributed by atoms with E-state index in [1.54, 1.807) is 41.9 Å². The minimum atomic E-state index is -2.88. The van der Waals surface area contributed by atoms with Gasteiger partial charge in [-0.25, -0.2) is 4.99 Å². The van der Waals surface area contributed by atoms with Gasteiger partial charge in [0.2, 0.25) is 5.96 Å². The lowest BCUT2D eigenvalue weighted by molar-refractivity contribution is -0.0498. The Bertz CT molecular complexity index is 743. The maximum Gasteiger partial charge on any atom is 0.387 e. The average Bonchev–Trinajstić information content (AvgIpc) is 2.55. The van der Waals surface area contributed by atoms with Crippen molar-refractivity contribution in [2.45, 2.75) is 11.5 Å². The molecule has 0 aromatic heterocycles. The number of alkyl halides is 2. The zero-order valence-electron chi connectivity index (χ0n) is 13.0. The van der Waals surface area contributed by atoms with Crippen molar-refractivity contribution in [2.75, 3.05) is 18.2 Å². The van der Waals surface area contributed by atoms with Gasteiger partial charge in [-0.15, -0.1) is 11.8 Å². The van der Waals surface area contributed by atoms with Crippen LogP contribution in [0.4, 0.5) is 20.2 Å². The van der Waals surface area contributed by atoms with Crippen molar-refractivity contribution in [1.82, 2.24) is 0 Å². The Kier molecular flexibility index (Phi) is 6.28. The van der Waals surface area contributed by atoms with Gasteiger partial charge in [0.05, 0.1) is 10.7 Å². The summed E-state index contributed by atoms with van der Waals surface area (Å²) in [5, 5.41) is 0.471. The zero-order valence-corrected chi connectivity index (χ0v) is 14.6. The van der Waals surface area contributed by atoms with Gasteiger partial charge in [-0.2, -0.15) is 8.78 Å². The first kappa shape index (κ1) is 18.4. The minimum Gasteiger partial charge on any atom is -0.435 e. The van der Waals surface area contributed by atoms with E-state index in [-0.39, 0.29) is 11.7 Å². The topological polar surface area (TPSA) is 50.8 Å². The molecule has 0 aliphatic rings. The molecule has 0 heterocycles. The summed E-state index contributed by atoms with van der Waals surface area (Å²) in [6, 6.07) is 11.7. The smallest absolute Gasteiger partial charge is 0.387 e. The van der Waals surface area contributed by atoms with E-state index in [0.29, 0.717) is 16.4 Å². The summed E-state index contributed by atoms with van der Waals surface area (Å²) >= 11 is 7.70. The molecule has 2 rings (SSSR count). The number of ether oxygens (including phenoxy) is 1. The summed E-state index contributed by atoms with van der Waals surface area (Å²) in [6.45, 7) is -2.88. The van der Waals surface area contributed by atoms with Crippen molar-refractivity contribution < 1.29 is 13.5 Å². The monoisotopic (exact) mass is 369 g/mol. The molecule has 0 fully saturated rings. The molecule has 24 heavy (non-hydrogen) atoms. The summed E-state index contributed by atoms with van der Waals surface area (Å²) in [7, 11) is 1.67. The molecule has 8 heteroatoms. The van der Waals surface area contributed by atoms with Gasteiger partial charge in [0.15, 0.2) is 0 Å². The predicted molar refractivity (Wildman–Crippen MR) is 96.0 cm³/mol. The highest BCUT2D eigenvalue weighted by molar-refractivity contribution is 7.98. The Morgan fingerprint density at radius 3 is 2.71 bits per heavy atom. The quantitative estimate of drug-likeness (QED) is 0.469. The number of guanidine groups is 1. The van der Waals surface area contributed by atoms with Crippen molar-refractivity contribution in [3.05, 3.63) is 47.5 Å². The third-order valence-electron chi connectivity index (χ3n) is 3.16. The molecule has 0 saturated heterocycles. The molecule has 2 N–H and O–H groups in total. The van der Waals surface area contributed by atoms with Crippen LogP contribution in [0.2, 0.25) is 5.02 Å². The highest BCUT2D eigenvalue weighted by Gasteiger charge is 2.10. The number of halogens is 3. The van der Waals surface area contributed by atoms with E-state index in [1.807, 2.05) is 18.4 Å². The molecule has 0 radical (unpaired) electrons. The zero-order chi connectivity index (χ0) is 17.7. The van der Waals surface area contributed by atoms with Crippen LogP contribution in [0.5, 0.6) is 5.75 Å². The maximum atomic E-state index is 12.3. The highest BCUT2D eigenvalue weighted by atomic mass is 35.5. The lowest BCUT2D eigenvalue weighted by Crippen LogP contribution is -2.33. The molecular formula is C16H16ClF2N3OS. The van der Waals surface area contributed by atoms with E-state index < -0.39 is 6.61 Å². The van der Waals surface area contributed by atoms with Gasteiger partial charge in [0.25, 0.3) is 0 Å². The molecule has 0 aliphatic carbocycles. The first-order valence-electron chi connectivity index (χ1n) is 6.87. The van der Waals surface area contributed by atoms with Crippen LogP contribution in [-0.4, -0.2) is 25.9 Å². The molecule has 0 spiro atoms. The fourth-order valence-corrected chi connectivity index (χ4v) is 2.50. The first-order chi connectivity index (χ1) is 11.4. The SMILES string of the molecule is CSc1ccc(Cl)c(N=C(N)N([11CH3])c2cccc(O[11CH](F)F)c2)c1. The molecule has 2 aromatic rings. The van der Waals surface area contributed by atoms with E-state index in [2.05, 4.69) is 9.73 Å². The van der Waals surface area contributed by atoms with Crippen LogP contribution >= 0.6 is 23.4 Å². The van der Waals surface area contributed by atoms with Gasteiger partial charge in [-0.1, -0.05) is 17.7 Å². The summed E-state index contributed by atoms with van der Waals surface area (Å²) in [5.41, 5.74) is 7.11. The Morgan fingerprint density at radius 2 is 2.04 bits per heavy atom. The summed E-state index contributed by atoms with van der Waals surface area (Å²) in [5.74, 6) is 0.217. The second kappa shape index (κ2) is 8.21. The van der Waals surface area contributed by atoms with Crippen molar-refractivity contribution in [3.63, 3.8) is 0 Å². The Hall–Kier alpha value is -1.99. The van der Waals surface area contributed by atoms with Crippen LogP contribution in [0.15, 0.2) is 52.4 Å². The second-order valence-electron chi connectivity index (χ2n) is 4.72. The Balaban J connectivity index is 2.27. The number of rotatable bonds is 5. The minimum absolute atomic E-state index is 0.0459. The van der Waals surface area contributed by atoms with Crippen molar-refractivity contribution in [1.29, 1.82) is 0 Å². The Morgan fingerprint density at radius 1 is 1.29 bits per heavy atom. The second-order valence-corrected chi connectivity index (χ2v) is 6.01. The van der Waals surface area contributed by atoms with Crippen molar-refractivity contribution in [2.24, 2.45) is 10.7 Å². The summed E-state index contributed by atoms with van der Waals surface area (Å²) in [4.78, 5) is 6.88. The first-order valence-corrected chi connectivity index (χ1v) is 8.47. The lowest BCUT2D eigenvalue weighted by Gasteiger charge is -2.19. The van der Waals surface area contributed by atoms with Gasteiger partial charge in [-0.3, -0.25) is 0 Å². The van der Waals surface area contributed by atoms with Gasteiger partial charge >= 0.3 is 6.61 Å². The maximum absolute atomic E-state index is 12.3. The standard InChI is InChI=1S/C16H16ClF2N3OS/c1-22(10-4-3-5-11(8-10)23-15(18)19)16(20)21-14-9-12(24-2)6-7-13(14)17/h3-9,15H,1-2H3,(H2,20,21)/i1-1,15-1. The molecule has 128 valence electrons. The van der Waals surface area contributed by atoms with Crippen LogP contribution in [-0.2, 0) is 0 Å². The molecule has 0 aliphatic heterocycles. The van der Waals surface area contributed by atoms with E-state index in [0.717, 1.165) is 4.90 Å². The molecule has 4 nitrogen and oxygen atoms in total. The van der Waals surface area contributed by atoms with Crippen LogP contribution in [0.25, 0.3) is 0 Å². The van der Waals surface area contributed by atoms with Crippen LogP contribution in [0.3, 0.4) is 0 Å². The fraction of sp³-hybridized carbons (Fsp3) is 0.188. The van der Waals surface area contributed by atoms with Gasteiger partial charge in [0.1, 0.15) is 5.75 Å². The van der Waals surface area contributed by atoms with E-state index in [1.165, 1.54) is 12.1 Å². The number of anilines is 1. The van der Waals surface area contributed by atoms with Gasteiger partial charge < -0.3 is 15.4 Å². The Labute approximate surface area is 148 Å². The molecule has 0 amide bonds. The molecule has 0 unspecified atom stereocenters. The summed E-state index contributed by atoms with van der Waals surface area (Å²) in [6.07, 6.45) is 1.95. The molecule has 0 bridgehead atoms. The number of aliphatic imine (C=N–C) groups is 1. The number of thioether (sulfide) groups is 1. The molecule has 0 saturated carbocycles. The van der Waals surface area contributed by atoms with Crippen molar-refractivity contribution in [3.8, 4) is 5.75 Å². The highest BCUT2D eigenvalue weighted by Crippen LogP contribution is 2.30. The van der Waals surface area contributed by atoms with Crippen LogP contribution in [0, 0.1) is 0 Å². The van der Waals surface area contributed by atoms with Crippen molar-refractivity contribution >= 4 is 40.7 Å². The third kappa shape index (κ3) is 4.75. The number of nitrogens with zero attached hydrogens (tertiary/aromatic N) is 2. The summed E-state index contributed by atoms with van der Waals surface area (Å²) < 4.78 is 29.0. The van der Waals surface area contributed by atoms with Crippen LogP contribution < -0.4 is 15.4 Å². The number of nitrogens with two attached hydrogens (primary N) is 1. The number of benzene rings is 2. The predicted octanol–water partition coefficient (Wildman–Crippen LogP) is 4.75. The third-order valence-corrected chi connectivity index (χ3v) is 4.21. The molecule has 2 aromatic carbocycles. The normalized spacial score (nSPS) is 11.7. The number of hydrogen-bond donors (Lipinski definition) is 1. The fourth-order valence-electron chi connectivity index (χ4n) is 1.90. The van der Waals surface area contributed by atoms with E-state index >= 15 is 0 Å². The molecule has 0 atom stereocenters. The average molecular weight is 370 g/mol. The van der Waals surface area contributed by atoms with Gasteiger partial charge in [0, 0.05) is 23.7 Å². The lowest BCUT2D eigenvalue weighted by atomic mass is 10.2. The number of hydrogen-bond acceptors (Lipinski definition) is 3.